The van der Waals surface area contributed by atoms with Gasteiger partial charge in [0.1, 0.15) is 5.82 Å². The van der Waals surface area contributed by atoms with Crippen molar-refractivity contribution in [3.8, 4) is 0 Å². The molecule has 1 unspecified atom stereocenters. The van der Waals surface area contributed by atoms with Gasteiger partial charge in [-0.2, -0.15) is 0 Å². The maximum Gasteiger partial charge on any atom is 0.262 e. The Hall–Kier alpha value is -2.19. The Balaban J connectivity index is 1.87. The van der Waals surface area contributed by atoms with E-state index < -0.39 is 11.1 Å². The highest BCUT2D eigenvalue weighted by molar-refractivity contribution is 9.10. The predicted octanol–water partition coefficient (Wildman–Crippen LogP) is 5.22. The number of hydrogen-bond donors (Lipinski definition) is 1. The summed E-state index contributed by atoms with van der Waals surface area (Å²) in [5.41, 5.74) is 0.595. The molecule has 8 heteroatoms. The number of anilines is 1. The van der Waals surface area contributed by atoms with Crippen molar-refractivity contribution >= 4 is 50.2 Å². The van der Waals surface area contributed by atoms with E-state index in [0.717, 1.165) is 12.8 Å². The average Bonchev–Trinajstić information content (AvgIpc) is 2.70. The summed E-state index contributed by atoms with van der Waals surface area (Å²) < 4.78 is 16.2. The number of aromatic nitrogens is 2. The maximum absolute atomic E-state index is 14.0. The topological polar surface area (TPSA) is 64.0 Å². The summed E-state index contributed by atoms with van der Waals surface area (Å²) in [6, 6.07) is 11.6. The molecule has 1 atom stereocenters. The van der Waals surface area contributed by atoms with Gasteiger partial charge in [0.2, 0.25) is 5.91 Å². The van der Waals surface area contributed by atoms with E-state index in [9.17, 15) is 14.0 Å². The Morgan fingerprint density at radius 3 is 2.79 bits per heavy atom. The highest BCUT2D eigenvalue weighted by atomic mass is 79.9. The summed E-state index contributed by atoms with van der Waals surface area (Å²) in [5.74, 6) is -0.880. The third-order valence-electron chi connectivity index (χ3n) is 4.40. The normalized spacial score (nSPS) is 12.1. The van der Waals surface area contributed by atoms with Crippen LogP contribution in [0.1, 0.15) is 26.7 Å². The fourth-order valence-electron chi connectivity index (χ4n) is 2.79. The second-order valence-electron chi connectivity index (χ2n) is 6.60. The fraction of sp³-hybridized carbons (Fsp3) is 0.286. The zero-order valence-corrected chi connectivity index (χ0v) is 18.5. The number of amides is 1. The molecule has 3 aromatic rings. The van der Waals surface area contributed by atoms with Crippen molar-refractivity contribution in [2.24, 2.45) is 0 Å². The van der Waals surface area contributed by atoms with Crippen molar-refractivity contribution < 1.29 is 9.18 Å². The lowest BCUT2D eigenvalue weighted by Crippen LogP contribution is -2.27. The molecule has 1 heterocycles. The Labute approximate surface area is 180 Å². The van der Waals surface area contributed by atoms with Crippen LogP contribution in [0.2, 0.25) is 0 Å². The van der Waals surface area contributed by atoms with Crippen molar-refractivity contribution in [2.45, 2.75) is 43.6 Å². The minimum atomic E-state index is -0.570. The summed E-state index contributed by atoms with van der Waals surface area (Å²) in [5, 5.41) is 3.08. The number of thioether (sulfide) groups is 1. The molecule has 1 N–H and O–H groups in total. The highest BCUT2D eigenvalue weighted by Crippen LogP contribution is 2.25. The number of nitrogens with one attached hydrogen (secondary N) is 1. The van der Waals surface area contributed by atoms with Crippen LogP contribution in [0.5, 0.6) is 0 Å². The van der Waals surface area contributed by atoms with E-state index in [-0.39, 0.29) is 17.2 Å². The van der Waals surface area contributed by atoms with Gasteiger partial charge in [0.15, 0.2) is 5.16 Å². The standard InChI is InChI=1S/C21H21BrFN3O2S/c1-3-4-11-26-20(28)15-7-5-6-8-17(15)25-21(26)29-13(2)19(27)24-18-10-9-14(22)12-16(18)23/h5-10,12-13H,3-4,11H2,1-2H3,(H,24,27). The smallest absolute Gasteiger partial charge is 0.262 e. The van der Waals surface area contributed by atoms with Crippen LogP contribution in [0, 0.1) is 5.82 Å². The van der Waals surface area contributed by atoms with Gasteiger partial charge in [-0.1, -0.05) is 53.2 Å². The van der Waals surface area contributed by atoms with Gasteiger partial charge in [-0.05, 0) is 43.7 Å². The van der Waals surface area contributed by atoms with Crippen LogP contribution >= 0.6 is 27.7 Å². The minimum Gasteiger partial charge on any atom is -0.323 e. The molecule has 1 amide bonds. The maximum atomic E-state index is 14.0. The predicted molar refractivity (Wildman–Crippen MR) is 119 cm³/mol. The van der Waals surface area contributed by atoms with Crippen molar-refractivity contribution in [3.63, 3.8) is 0 Å². The lowest BCUT2D eigenvalue weighted by atomic mass is 10.2. The second kappa shape index (κ2) is 9.54. The van der Waals surface area contributed by atoms with Crippen molar-refractivity contribution in [3.05, 3.63) is 63.1 Å². The number of hydrogen-bond acceptors (Lipinski definition) is 4. The zero-order chi connectivity index (χ0) is 21.0. The van der Waals surface area contributed by atoms with Crippen molar-refractivity contribution in [1.82, 2.24) is 9.55 Å². The minimum absolute atomic E-state index is 0.112. The monoisotopic (exact) mass is 477 g/mol. The molecule has 1 aromatic heterocycles. The number of benzene rings is 2. The second-order valence-corrected chi connectivity index (χ2v) is 8.82. The van der Waals surface area contributed by atoms with Crippen LogP contribution in [0.3, 0.4) is 0 Å². The van der Waals surface area contributed by atoms with Crippen LogP contribution in [-0.2, 0) is 11.3 Å². The molecule has 5 nitrogen and oxygen atoms in total. The number of rotatable bonds is 7. The molecule has 2 aromatic carbocycles. The van der Waals surface area contributed by atoms with Gasteiger partial charge in [0.05, 0.1) is 21.8 Å². The van der Waals surface area contributed by atoms with E-state index >= 15 is 0 Å². The lowest BCUT2D eigenvalue weighted by molar-refractivity contribution is -0.115. The van der Waals surface area contributed by atoms with Crippen LogP contribution in [0.4, 0.5) is 10.1 Å². The van der Waals surface area contributed by atoms with Crippen molar-refractivity contribution in [2.75, 3.05) is 5.32 Å². The number of carbonyl (C=O) groups is 1. The van der Waals surface area contributed by atoms with E-state index in [0.29, 0.717) is 27.1 Å². The Bertz CT molecular complexity index is 1100. The molecule has 152 valence electrons. The largest absolute Gasteiger partial charge is 0.323 e. The highest BCUT2D eigenvalue weighted by Gasteiger charge is 2.20. The van der Waals surface area contributed by atoms with Crippen LogP contribution < -0.4 is 10.9 Å². The van der Waals surface area contributed by atoms with E-state index in [1.807, 2.05) is 12.1 Å². The molecule has 0 saturated carbocycles. The molecule has 3 rings (SSSR count). The van der Waals surface area contributed by atoms with Gasteiger partial charge in [0.25, 0.3) is 5.56 Å². The van der Waals surface area contributed by atoms with E-state index in [2.05, 4.69) is 33.2 Å². The summed E-state index contributed by atoms with van der Waals surface area (Å²) in [6.07, 6.45) is 1.76. The first-order chi connectivity index (χ1) is 13.9. The number of halogens is 2. The molecule has 0 spiro atoms. The van der Waals surface area contributed by atoms with Gasteiger partial charge in [-0.3, -0.25) is 14.2 Å². The first-order valence-corrected chi connectivity index (χ1v) is 11.0. The number of para-hydroxylation sites is 1. The molecule has 0 aliphatic heterocycles. The first kappa shape index (κ1) is 21.5. The molecule has 0 saturated heterocycles. The summed E-state index contributed by atoms with van der Waals surface area (Å²) in [7, 11) is 0. The number of carbonyl (C=O) groups excluding carboxylic acids is 1. The third-order valence-corrected chi connectivity index (χ3v) is 5.99. The Morgan fingerprint density at radius 2 is 2.07 bits per heavy atom. The van der Waals surface area contributed by atoms with Gasteiger partial charge in [-0.25, -0.2) is 9.37 Å². The van der Waals surface area contributed by atoms with E-state index in [1.165, 1.54) is 23.9 Å². The van der Waals surface area contributed by atoms with E-state index in [1.54, 1.807) is 29.7 Å². The quantitative estimate of drug-likeness (QED) is 0.374. The van der Waals surface area contributed by atoms with Crippen LogP contribution in [0.15, 0.2) is 56.9 Å². The number of nitrogens with zero attached hydrogens (tertiary/aromatic N) is 2. The van der Waals surface area contributed by atoms with Gasteiger partial charge in [-0.15, -0.1) is 0 Å². The Kier molecular flexibility index (Phi) is 7.08. The van der Waals surface area contributed by atoms with Crippen molar-refractivity contribution in [1.29, 1.82) is 0 Å². The fourth-order valence-corrected chi connectivity index (χ4v) is 4.06. The molecular weight excluding hydrogens is 457 g/mol. The molecule has 0 radical (unpaired) electrons. The molecule has 0 aliphatic carbocycles. The van der Waals surface area contributed by atoms with E-state index in [4.69, 9.17) is 0 Å². The molecule has 29 heavy (non-hydrogen) atoms. The molecule has 0 bridgehead atoms. The zero-order valence-electron chi connectivity index (χ0n) is 16.1. The summed E-state index contributed by atoms with van der Waals surface area (Å²) in [4.78, 5) is 30.1. The molecule has 0 aliphatic rings. The molecule has 0 fully saturated rings. The number of unbranched alkanes of at least 4 members (excludes halogenated alkanes) is 1. The third kappa shape index (κ3) is 5.05. The summed E-state index contributed by atoms with van der Waals surface area (Å²) in [6.45, 7) is 4.29. The summed E-state index contributed by atoms with van der Waals surface area (Å²) >= 11 is 4.39. The first-order valence-electron chi connectivity index (χ1n) is 9.33. The molecular formula is C21H21BrFN3O2S. The van der Waals surface area contributed by atoms with Crippen LogP contribution in [0.25, 0.3) is 10.9 Å². The SMILES string of the molecule is CCCCn1c(SC(C)C(=O)Nc2ccc(Br)cc2F)nc2ccccc2c1=O. The Morgan fingerprint density at radius 1 is 1.31 bits per heavy atom. The number of fused-ring (bicyclic) bond motifs is 1. The van der Waals surface area contributed by atoms with Crippen LogP contribution in [-0.4, -0.2) is 20.7 Å². The van der Waals surface area contributed by atoms with Gasteiger partial charge in [0, 0.05) is 11.0 Å². The lowest BCUT2D eigenvalue weighted by Gasteiger charge is -2.16. The van der Waals surface area contributed by atoms with Gasteiger partial charge >= 0.3 is 0 Å². The van der Waals surface area contributed by atoms with Gasteiger partial charge < -0.3 is 5.32 Å². The average molecular weight is 478 g/mol.